The topological polar surface area (TPSA) is 23.5 Å². The fourth-order valence-electron chi connectivity index (χ4n) is 3.40. The fraction of sp³-hybridized carbons (Fsp3) is 0.600. The van der Waals surface area contributed by atoms with Gasteiger partial charge in [-0.05, 0) is 68.8 Å². The van der Waals surface area contributed by atoms with Crippen molar-refractivity contribution in [2.75, 3.05) is 13.1 Å². The van der Waals surface area contributed by atoms with Crippen LogP contribution in [0, 0.1) is 5.92 Å². The van der Waals surface area contributed by atoms with Gasteiger partial charge in [-0.3, -0.25) is 4.90 Å². The third-order valence-corrected chi connectivity index (χ3v) is 5.01. The molecule has 1 heterocycles. The number of rotatable bonds is 4. The second kappa shape index (κ2) is 7.82. The van der Waals surface area contributed by atoms with Crippen LogP contribution in [0.2, 0.25) is 0 Å². The molecule has 0 aliphatic carbocycles. The summed E-state index contributed by atoms with van der Waals surface area (Å²) in [5, 5.41) is 9.75. The van der Waals surface area contributed by atoms with E-state index in [1.54, 1.807) is 0 Å². The maximum Gasteiger partial charge on any atom is 0.115 e. The Hall–Kier alpha value is -1.28. The second-order valence-electron chi connectivity index (χ2n) is 6.99. The molecule has 122 valence electrons. The van der Waals surface area contributed by atoms with Gasteiger partial charge in [0.2, 0.25) is 0 Å². The standard InChI is InChI=1S/C20H31NO/c1-5-16(4)20-14-18-8-9-19(22)13-17(18)7-6-11-21(20)12-10-15(2)3/h8-10,13,16,20,22H,5-7,11-12,14H2,1-4H3/t16-,20-/m1/s1. The lowest BCUT2D eigenvalue weighted by Crippen LogP contribution is -2.43. The number of hydrogen-bond acceptors (Lipinski definition) is 2. The van der Waals surface area contributed by atoms with Gasteiger partial charge in [-0.15, -0.1) is 0 Å². The monoisotopic (exact) mass is 301 g/mol. The van der Waals surface area contributed by atoms with Crippen molar-refractivity contribution in [2.45, 2.75) is 59.4 Å². The summed E-state index contributed by atoms with van der Waals surface area (Å²) in [6, 6.07) is 6.53. The minimum atomic E-state index is 0.404. The molecule has 0 saturated heterocycles. The molecule has 0 aromatic heterocycles. The van der Waals surface area contributed by atoms with Crippen LogP contribution in [-0.4, -0.2) is 29.1 Å². The largest absolute Gasteiger partial charge is 0.508 e. The van der Waals surface area contributed by atoms with Crippen LogP contribution in [-0.2, 0) is 12.8 Å². The molecule has 2 nitrogen and oxygen atoms in total. The van der Waals surface area contributed by atoms with Crippen molar-refractivity contribution >= 4 is 0 Å². The summed E-state index contributed by atoms with van der Waals surface area (Å²) in [4.78, 5) is 2.66. The van der Waals surface area contributed by atoms with E-state index in [0.29, 0.717) is 17.7 Å². The number of allylic oxidation sites excluding steroid dienone is 1. The Morgan fingerprint density at radius 2 is 2.14 bits per heavy atom. The Balaban J connectivity index is 2.27. The summed E-state index contributed by atoms with van der Waals surface area (Å²) in [7, 11) is 0. The first-order valence-corrected chi connectivity index (χ1v) is 8.69. The van der Waals surface area contributed by atoms with Crippen molar-refractivity contribution in [3.05, 3.63) is 41.0 Å². The smallest absolute Gasteiger partial charge is 0.115 e. The lowest BCUT2D eigenvalue weighted by molar-refractivity contribution is 0.154. The normalized spacial score (nSPS) is 20.6. The number of phenols is 1. The molecule has 0 amide bonds. The average molecular weight is 301 g/mol. The van der Waals surface area contributed by atoms with Gasteiger partial charge in [-0.25, -0.2) is 0 Å². The lowest BCUT2D eigenvalue weighted by Gasteiger charge is -2.37. The molecule has 2 heteroatoms. The minimum Gasteiger partial charge on any atom is -0.508 e. The molecule has 0 spiro atoms. The quantitative estimate of drug-likeness (QED) is 0.824. The number of phenolic OH excluding ortho intramolecular Hbond substituents is 1. The van der Waals surface area contributed by atoms with E-state index in [9.17, 15) is 5.11 Å². The average Bonchev–Trinajstić information content (AvgIpc) is 2.47. The number of aromatic hydroxyl groups is 1. The van der Waals surface area contributed by atoms with Crippen LogP contribution in [0.25, 0.3) is 0 Å². The highest BCUT2D eigenvalue weighted by Crippen LogP contribution is 2.27. The summed E-state index contributed by atoms with van der Waals surface area (Å²) in [5.41, 5.74) is 4.16. The van der Waals surface area contributed by atoms with Crippen LogP contribution < -0.4 is 0 Å². The first-order chi connectivity index (χ1) is 10.5. The van der Waals surface area contributed by atoms with Gasteiger partial charge in [-0.2, -0.15) is 0 Å². The third-order valence-electron chi connectivity index (χ3n) is 5.01. The van der Waals surface area contributed by atoms with Crippen LogP contribution >= 0.6 is 0 Å². The minimum absolute atomic E-state index is 0.404. The Bertz CT molecular complexity index is 516. The highest BCUT2D eigenvalue weighted by atomic mass is 16.3. The maximum atomic E-state index is 9.75. The van der Waals surface area contributed by atoms with Crippen molar-refractivity contribution in [2.24, 2.45) is 5.92 Å². The molecule has 22 heavy (non-hydrogen) atoms. The Labute approximate surface area is 135 Å². The van der Waals surface area contributed by atoms with E-state index in [0.717, 1.165) is 25.9 Å². The molecule has 1 aliphatic heterocycles. The van der Waals surface area contributed by atoms with E-state index in [1.165, 1.54) is 29.5 Å². The zero-order valence-electron chi connectivity index (χ0n) is 14.6. The van der Waals surface area contributed by atoms with Crippen LogP contribution in [0.15, 0.2) is 29.8 Å². The van der Waals surface area contributed by atoms with Crippen molar-refractivity contribution in [1.82, 2.24) is 4.90 Å². The number of fused-ring (bicyclic) bond motifs is 1. The second-order valence-corrected chi connectivity index (χ2v) is 6.99. The lowest BCUT2D eigenvalue weighted by atomic mass is 9.87. The maximum absolute atomic E-state index is 9.75. The number of benzene rings is 1. The molecule has 2 atom stereocenters. The SMILES string of the molecule is CC[C@@H](C)[C@H]1Cc2ccc(O)cc2CCCN1CC=C(C)C. The predicted molar refractivity (Wildman–Crippen MR) is 94.4 cm³/mol. The molecular formula is C20H31NO. The van der Waals surface area contributed by atoms with E-state index in [2.05, 4.69) is 44.7 Å². The van der Waals surface area contributed by atoms with E-state index in [-0.39, 0.29) is 0 Å². The van der Waals surface area contributed by atoms with Crippen molar-refractivity contribution in [1.29, 1.82) is 0 Å². The zero-order valence-corrected chi connectivity index (χ0v) is 14.6. The molecule has 1 aromatic carbocycles. The Kier molecular flexibility index (Phi) is 6.07. The van der Waals surface area contributed by atoms with Gasteiger partial charge < -0.3 is 5.11 Å². The molecule has 0 unspecified atom stereocenters. The van der Waals surface area contributed by atoms with Gasteiger partial charge >= 0.3 is 0 Å². The van der Waals surface area contributed by atoms with Crippen LogP contribution in [0.1, 0.15) is 51.7 Å². The molecule has 0 fully saturated rings. The summed E-state index contributed by atoms with van der Waals surface area (Å²) in [6.45, 7) is 11.2. The first-order valence-electron chi connectivity index (χ1n) is 8.69. The van der Waals surface area contributed by atoms with Crippen molar-refractivity contribution in [3.63, 3.8) is 0 Å². The molecule has 1 N–H and O–H groups in total. The molecule has 0 bridgehead atoms. The molecule has 0 radical (unpaired) electrons. The summed E-state index contributed by atoms with van der Waals surface area (Å²) in [5.74, 6) is 1.09. The van der Waals surface area contributed by atoms with Gasteiger partial charge in [0.15, 0.2) is 0 Å². The molecular weight excluding hydrogens is 270 g/mol. The van der Waals surface area contributed by atoms with Gasteiger partial charge in [0.1, 0.15) is 5.75 Å². The summed E-state index contributed by atoms with van der Waals surface area (Å²) >= 11 is 0. The van der Waals surface area contributed by atoms with E-state index >= 15 is 0 Å². The number of hydrogen-bond donors (Lipinski definition) is 1. The summed E-state index contributed by atoms with van der Waals surface area (Å²) < 4.78 is 0. The van der Waals surface area contributed by atoms with E-state index in [1.807, 2.05) is 12.1 Å². The predicted octanol–water partition coefficient (Wildman–Crippen LogP) is 4.56. The van der Waals surface area contributed by atoms with Crippen LogP contribution in [0.4, 0.5) is 0 Å². The van der Waals surface area contributed by atoms with Gasteiger partial charge in [0, 0.05) is 12.6 Å². The Morgan fingerprint density at radius 1 is 1.36 bits per heavy atom. The summed E-state index contributed by atoms with van der Waals surface area (Å²) in [6.07, 6.45) is 6.90. The molecule has 1 aromatic rings. The fourth-order valence-corrected chi connectivity index (χ4v) is 3.40. The number of aryl methyl sites for hydroxylation is 1. The first kappa shape index (κ1) is 17.1. The number of nitrogens with zero attached hydrogens (tertiary/aromatic N) is 1. The van der Waals surface area contributed by atoms with Crippen molar-refractivity contribution in [3.8, 4) is 5.75 Å². The molecule has 2 rings (SSSR count). The molecule has 1 aliphatic rings. The van der Waals surface area contributed by atoms with Gasteiger partial charge in [0.05, 0.1) is 0 Å². The van der Waals surface area contributed by atoms with Gasteiger partial charge in [-0.1, -0.05) is 38.0 Å². The van der Waals surface area contributed by atoms with E-state index < -0.39 is 0 Å². The van der Waals surface area contributed by atoms with Gasteiger partial charge in [0.25, 0.3) is 0 Å². The highest BCUT2D eigenvalue weighted by Gasteiger charge is 2.25. The Morgan fingerprint density at radius 3 is 2.82 bits per heavy atom. The zero-order chi connectivity index (χ0) is 16.1. The third kappa shape index (κ3) is 4.36. The van der Waals surface area contributed by atoms with Crippen molar-refractivity contribution < 1.29 is 5.11 Å². The molecule has 0 saturated carbocycles. The highest BCUT2D eigenvalue weighted by molar-refractivity contribution is 5.36. The van der Waals surface area contributed by atoms with Crippen LogP contribution in [0.5, 0.6) is 5.75 Å². The van der Waals surface area contributed by atoms with E-state index in [4.69, 9.17) is 0 Å². The van der Waals surface area contributed by atoms with Crippen LogP contribution in [0.3, 0.4) is 0 Å².